The zero-order chi connectivity index (χ0) is 76.4. The van der Waals surface area contributed by atoms with Crippen molar-refractivity contribution in [3.63, 3.8) is 0 Å². The first-order valence-corrected chi connectivity index (χ1v) is 38.2. The van der Waals surface area contributed by atoms with Crippen LogP contribution in [0.1, 0.15) is 176 Å². The number of carbonyl (C=O) groups excluding carboxylic acids is 11. The highest BCUT2D eigenvalue weighted by Crippen LogP contribution is 2.27. The van der Waals surface area contributed by atoms with Gasteiger partial charge in [0, 0.05) is 73.8 Å². The number of hydrogen-bond donors (Lipinski definition) is 6. The number of nitrogens with zero attached hydrogens (tertiary/aromatic N) is 8. The third kappa shape index (κ3) is 28.0. The van der Waals surface area contributed by atoms with E-state index in [1.54, 1.807) is 54.5 Å². The quantitative estimate of drug-likeness (QED) is 0.0493. The van der Waals surface area contributed by atoms with Gasteiger partial charge >= 0.3 is 0 Å². The fourth-order valence-corrected chi connectivity index (χ4v) is 14.5. The molecule has 0 aromatic rings. The van der Waals surface area contributed by atoms with E-state index in [9.17, 15) is 29.4 Å². The molecule has 11 amide bonds. The van der Waals surface area contributed by atoms with Gasteiger partial charge in [-0.2, -0.15) is 23.5 Å². The Morgan fingerprint density at radius 1 is 0.495 bits per heavy atom. The van der Waals surface area contributed by atoms with Gasteiger partial charge in [0.15, 0.2) is 0 Å². The highest BCUT2D eigenvalue weighted by Gasteiger charge is 2.47. The van der Waals surface area contributed by atoms with Crippen LogP contribution in [-0.2, 0) is 52.7 Å². The van der Waals surface area contributed by atoms with Crippen LogP contribution in [0.2, 0.25) is 0 Å². The van der Waals surface area contributed by atoms with E-state index in [1.165, 1.54) is 113 Å². The van der Waals surface area contributed by atoms with E-state index in [0.29, 0.717) is 5.75 Å². The lowest BCUT2D eigenvalue weighted by atomic mass is 9.91. The van der Waals surface area contributed by atoms with Crippen LogP contribution in [0.5, 0.6) is 0 Å². The van der Waals surface area contributed by atoms with E-state index in [1.807, 2.05) is 59.4 Å². The topological polar surface area (TPSA) is 302 Å². The van der Waals surface area contributed by atoms with Crippen molar-refractivity contribution in [2.45, 2.75) is 255 Å². The van der Waals surface area contributed by atoms with Crippen molar-refractivity contribution in [2.24, 2.45) is 35.5 Å². The van der Waals surface area contributed by atoms with Crippen molar-refractivity contribution in [3.8, 4) is 0 Å². The zero-order valence-corrected chi connectivity index (χ0v) is 66.9. The molecular weight excluding hydrogens is 1300 g/mol. The summed E-state index contributed by atoms with van der Waals surface area (Å²) in [5, 5.41) is 34.9. The van der Waals surface area contributed by atoms with Crippen molar-refractivity contribution in [3.05, 3.63) is 12.2 Å². The molecule has 1 aliphatic rings. The second-order valence-electron chi connectivity index (χ2n) is 29.8. The minimum atomic E-state index is -1.66. The fourth-order valence-electron chi connectivity index (χ4n) is 12.3. The third-order valence-corrected chi connectivity index (χ3v) is 20.9. The number of amides is 11. The Balaban J connectivity index is 4.54. The predicted octanol–water partition coefficient (Wildman–Crippen LogP) is 4.95. The van der Waals surface area contributed by atoms with Crippen LogP contribution in [0.3, 0.4) is 0 Å². The number of rotatable bonds is 26. The molecule has 1 aliphatic heterocycles. The number of nitrogens with one attached hydrogen (secondary N) is 4. The molecule has 0 aliphatic carbocycles. The Kier molecular flexibility index (Phi) is 40.2. The van der Waals surface area contributed by atoms with Gasteiger partial charge in [-0.1, -0.05) is 109 Å². The lowest BCUT2D eigenvalue weighted by Crippen LogP contribution is -2.64. The van der Waals surface area contributed by atoms with Crippen molar-refractivity contribution >= 4 is 88.5 Å². The van der Waals surface area contributed by atoms with E-state index in [-0.39, 0.29) is 62.0 Å². The molecule has 0 spiro atoms. The maximum atomic E-state index is 15.5. The first kappa shape index (κ1) is 91.5. The molecule has 1 saturated heterocycles. The first-order chi connectivity index (χ1) is 45.9. The van der Waals surface area contributed by atoms with E-state index >= 15 is 33.6 Å². The summed E-state index contributed by atoms with van der Waals surface area (Å²) < 4.78 is 0. The standard InChI is InChI=1S/C72H132N12O13S2/c1-27-31-33-48(15)60(85)59-64(89)75-51(28-2)66(91)81(24)56(42-99-36-32-35-98-37-34-84(29-3)30-4)69(94)80(23)55(41-72(18,19)97)63(88)76-57(46(11)12)70(95)77(20)52(38-43(5)6)62(87)73-49(16)61(86)74-50(17)65(90)78(21)53(39-44(7)8)67(92)79(22)54(40-45(9)10)68(93)82(25)58(47(13)14)71(96)83(59)26/h27,31,43-60,85,97H,28-30,32-42H2,1-26H3,(H,73,87)(H,74,86)(H,75,89)(H,76,88)/b31-27+/t48-,49+,50-,51+,52+,53+,54+,55+,56-,57+,58+,59+,60-/m1/s1. The van der Waals surface area contributed by atoms with Crippen LogP contribution in [0.4, 0.5) is 0 Å². The average molecular weight is 1440 g/mol. The number of carbonyl (C=O) groups is 11. The molecule has 27 heteroatoms. The minimum Gasteiger partial charge on any atom is -0.390 e. The Labute approximate surface area is 603 Å². The SMILES string of the molecule is C/C=C/C[C@@H](C)[C@@H](O)[C@H]1C(=O)N[C@@H](CC)C(=O)N(C)[C@H](CSCCCSCCN(CC)CC)C(=O)N(C)[C@@H](CC(C)(C)O)C(=O)N[C@@H](C(C)C)C(=O)N(C)[C@@H](CC(C)C)C(=O)N[C@@H](C)C(=O)N[C@H](C)C(=O)N(C)[C@@H](CC(C)C)C(=O)N(C)[C@@H](CC(C)C)C(=O)N(C)[C@@H](C(C)C)C(=O)N1C. The minimum absolute atomic E-state index is 0.0228. The second kappa shape index (κ2) is 43.4. The number of aliphatic hydroxyl groups is 2. The lowest BCUT2D eigenvalue weighted by Gasteiger charge is -2.41. The van der Waals surface area contributed by atoms with Gasteiger partial charge in [0.2, 0.25) is 65.0 Å². The first-order valence-electron chi connectivity index (χ1n) is 35.9. The Morgan fingerprint density at radius 2 is 0.939 bits per heavy atom. The molecule has 0 bridgehead atoms. The van der Waals surface area contributed by atoms with Crippen molar-refractivity contribution in [1.82, 2.24) is 60.5 Å². The Hall–Kier alpha value is -5.51. The summed E-state index contributed by atoms with van der Waals surface area (Å²) in [6.07, 6.45) is 3.15. The maximum absolute atomic E-state index is 15.5. The van der Waals surface area contributed by atoms with Gasteiger partial charge in [-0.05, 0) is 133 Å². The van der Waals surface area contributed by atoms with E-state index < -0.39 is 161 Å². The number of allylic oxidation sites excluding steroid dienone is 2. The summed E-state index contributed by atoms with van der Waals surface area (Å²) in [7, 11) is 9.93. The Morgan fingerprint density at radius 3 is 1.42 bits per heavy atom. The van der Waals surface area contributed by atoms with Crippen LogP contribution < -0.4 is 21.3 Å². The summed E-state index contributed by atoms with van der Waals surface area (Å²) in [5.74, 6) is -7.82. The van der Waals surface area contributed by atoms with Crippen molar-refractivity contribution in [2.75, 3.05) is 92.0 Å². The number of likely N-dealkylation sites (N-methyl/N-ethyl adjacent to an activating group) is 7. The van der Waals surface area contributed by atoms with Crippen LogP contribution in [0.25, 0.3) is 0 Å². The monoisotopic (exact) mass is 1440 g/mol. The zero-order valence-electron chi connectivity index (χ0n) is 65.2. The normalized spacial score (nSPS) is 25.7. The summed E-state index contributed by atoms with van der Waals surface area (Å²) in [5.41, 5.74) is -1.58. The van der Waals surface area contributed by atoms with Gasteiger partial charge in [-0.15, -0.1) is 0 Å². The molecule has 0 unspecified atom stereocenters. The molecule has 25 nitrogen and oxygen atoms in total. The molecule has 1 fully saturated rings. The van der Waals surface area contributed by atoms with Gasteiger partial charge in [-0.3, -0.25) is 52.7 Å². The van der Waals surface area contributed by atoms with Gasteiger partial charge in [0.1, 0.15) is 66.5 Å². The molecule has 99 heavy (non-hydrogen) atoms. The van der Waals surface area contributed by atoms with Crippen molar-refractivity contribution in [1.29, 1.82) is 0 Å². The summed E-state index contributed by atoms with van der Waals surface area (Å²) in [4.78, 5) is 176. The Bertz CT molecular complexity index is 2660. The molecule has 0 saturated carbocycles. The lowest BCUT2D eigenvalue weighted by molar-refractivity contribution is -0.157. The van der Waals surface area contributed by atoms with Crippen LogP contribution in [0.15, 0.2) is 12.2 Å². The summed E-state index contributed by atoms with van der Waals surface area (Å²) >= 11 is 3.24. The number of aliphatic hydroxyl groups excluding tert-OH is 1. The van der Waals surface area contributed by atoms with E-state index in [4.69, 9.17) is 0 Å². The van der Waals surface area contributed by atoms with E-state index in [2.05, 4.69) is 40.0 Å². The van der Waals surface area contributed by atoms with Gasteiger partial charge in [0.25, 0.3) is 0 Å². The summed E-state index contributed by atoms with van der Waals surface area (Å²) in [6, 6.07) is -14.4. The van der Waals surface area contributed by atoms with Gasteiger partial charge in [0.05, 0.1) is 11.7 Å². The third-order valence-electron chi connectivity index (χ3n) is 18.7. The molecule has 1 heterocycles. The van der Waals surface area contributed by atoms with Gasteiger partial charge < -0.3 is 70.7 Å². The maximum Gasteiger partial charge on any atom is 0.246 e. The van der Waals surface area contributed by atoms with E-state index in [0.717, 1.165) is 47.4 Å². The molecule has 0 aromatic heterocycles. The van der Waals surface area contributed by atoms with Crippen LogP contribution in [0, 0.1) is 35.5 Å². The molecular formula is C72H132N12O13S2. The largest absolute Gasteiger partial charge is 0.390 e. The molecule has 0 aromatic carbocycles. The molecule has 13 atom stereocenters. The molecule has 570 valence electrons. The molecule has 6 N–H and O–H groups in total. The average Bonchev–Trinajstić information content (AvgIpc) is 0.808. The van der Waals surface area contributed by atoms with Gasteiger partial charge in [-0.25, -0.2) is 0 Å². The number of thioether (sulfide) groups is 2. The smallest absolute Gasteiger partial charge is 0.246 e. The van der Waals surface area contributed by atoms with Crippen LogP contribution >= 0.6 is 23.5 Å². The predicted molar refractivity (Wildman–Crippen MR) is 396 cm³/mol. The molecule has 1 rings (SSSR count). The highest BCUT2D eigenvalue weighted by molar-refractivity contribution is 8.00. The molecule has 0 radical (unpaired) electrons. The summed E-state index contributed by atoms with van der Waals surface area (Å²) in [6.45, 7) is 36.1. The van der Waals surface area contributed by atoms with Crippen LogP contribution in [-0.4, -0.2) is 285 Å². The highest BCUT2D eigenvalue weighted by atomic mass is 32.2. The fraction of sp³-hybridized carbons (Fsp3) is 0.819. The van der Waals surface area contributed by atoms with Crippen molar-refractivity contribution < 1.29 is 63.0 Å². The second-order valence-corrected chi connectivity index (χ2v) is 32.1. The number of hydrogen-bond acceptors (Lipinski definition) is 16.